The number of nitrogens with two attached hydrogens (primary N) is 1. The summed E-state index contributed by atoms with van der Waals surface area (Å²) in [5, 5.41) is 13.2. The van der Waals surface area contributed by atoms with Crippen molar-refractivity contribution < 1.29 is 27.8 Å². The zero-order valence-electron chi connectivity index (χ0n) is 23.6. The molecule has 41 heavy (non-hydrogen) atoms. The van der Waals surface area contributed by atoms with Crippen LogP contribution in [0.25, 0.3) is 11.3 Å². The average molecular weight is 569 g/mol. The quantitative estimate of drug-likeness (QED) is 0.339. The number of pyridine rings is 2. The highest BCUT2D eigenvalue weighted by Gasteiger charge is 2.40. The van der Waals surface area contributed by atoms with Crippen LogP contribution in [0.3, 0.4) is 0 Å². The smallest absolute Gasteiger partial charge is 0.276 e. The zero-order valence-corrected chi connectivity index (χ0v) is 23.6. The maximum Gasteiger partial charge on any atom is 0.276 e. The van der Waals surface area contributed by atoms with Gasteiger partial charge in [0.1, 0.15) is 22.9 Å². The van der Waals surface area contributed by atoms with Crippen LogP contribution in [0.2, 0.25) is 0 Å². The van der Waals surface area contributed by atoms with E-state index in [0.29, 0.717) is 17.5 Å². The predicted molar refractivity (Wildman–Crippen MR) is 150 cm³/mol. The summed E-state index contributed by atoms with van der Waals surface area (Å²) in [5.74, 6) is -2.95. The Morgan fingerprint density at radius 3 is 2.39 bits per heavy atom. The van der Waals surface area contributed by atoms with E-state index in [2.05, 4.69) is 43.0 Å². The molecule has 3 atom stereocenters. The van der Waals surface area contributed by atoms with Crippen molar-refractivity contribution in [3.8, 4) is 11.3 Å². The van der Waals surface area contributed by atoms with E-state index in [1.807, 2.05) is 6.07 Å². The first-order chi connectivity index (χ1) is 19.3. The third-order valence-corrected chi connectivity index (χ3v) is 8.43. The Bertz CT molecular complexity index is 1460. The minimum atomic E-state index is -1.53. The van der Waals surface area contributed by atoms with Gasteiger partial charge < -0.3 is 20.9 Å². The molecule has 1 saturated carbocycles. The molecule has 0 bridgehead atoms. The van der Waals surface area contributed by atoms with E-state index in [0.717, 1.165) is 43.0 Å². The number of rotatable bonds is 5. The van der Waals surface area contributed by atoms with Gasteiger partial charge in [0, 0.05) is 12.3 Å². The van der Waals surface area contributed by atoms with Crippen molar-refractivity contribution in [1.82, 2.24) is 9.97 Å². The molecule has 1 aliphatic heterocycles. The minimum absolute atomic E-state index is 0.0360. The summed E-state index contributed by atoms with van der Waals surface area (Å²) >= 11 is 0. The first-order valence-electron chi connectivity index (χ1n) is 13.8. The average Bonchev–Trinajstić information content (AvgIpc) is 2.87. The Hall–Kier alpha value is -3.50. The Labute approximate surface area is 237 Å². The van der Waals surface area contributed by atoms with Gasteiger partial charge >= 0.3 is 0 Å². The molecule has 10 heteroatoms. The fraction of sp³-hybridized carbons (Fsp3) is 0.452. The van der Waals surface area contributed by atoms with Crippen LogP contribution < -0.4 is 11.1 Å². The lowest BCUT2D eigenvalue weighted by atomic mass is 9.65. The number of ether oxygens (including phenoxy) is 1. The molecule has 1 aromatic carbocycles. The van der Waals surface area contributed by atoms with Gasteiger partial charge in [0.15, 0.2) is 11.5 Å². The van der Waals surface area contributed by atoms with Crippen LogP contribution >= 0.6 is 0 Å². The molecule has 1 aliphatic carbocycles. The van der Waals surface area contributed by atoms with Crippen LogP contribution in [0.5, 0.6) is 0 Å². The fourth-order valence-corrected chi connectivity index (χ4v) is 6.00. The molecular weight excluding hydrogens is 533 g/mol. The van der Waals surface area contributed by atoms with Crippen molar-refractivity contribution in [3.05, 3.63) is 70.9 Å². The SMILES string of the molecule is C[C@H]1CC(C(C)(C)C)C[C@@H](c2ccncc2NC(=O)c2nc(-c3c(F)cc(C4(O)COC4)cc3F)c(F)cc2N)C1. The van der Waals surface area contributed by atoms with E-state index in [9.17, 15) is 14.3 Å². The second-order valence-electron chi connectivity index (χ2n) is 12.6. The molecule has 1 saturated heterocycles. The molecule has 2 fully saturated rings. The number of hydrogen-bond donors (Lipinski definition) is 3. The van der Waals surface area contributed by atoms with Gasteiger partial charge in [-0.05, 0) is 71.8 Å². The summed E-state index contributed by atoms with van der Waals surface area (Å²) in [6.45, 7) is 8.73. The summed E-state index contributed by atoms with van der Waals surface area (Å²) in [7, 11) is 0. The molecule has 3 heterocycles. The molecule has 5 rings (SSSR count). The normalized spacial score (nSPS) is 22.2. The Morgan fingerprint density at radius 1 is 1.10 bits per heavy atom. The van der Waals surface area contributed by atoms with Crippen LogP contribution in [0, 0.1) is 34.7 Å². The Morgan fingerprint density at radius 2 is 1.78 bits per heavy atom. The molecule has 2 aromatic heterocycles. The Kier molecular flexibility index (Phi) is 7.59. The third-order valence-electron chi connectivity index (χ3n) is 8.43. The summed E-state index contributed by atoms with van der Waals surface area (Å²) < 4.78 is 50.1. The van der Waals surface area contributed by atoms with Gasteiger partial charge in [-0.25, -0.2) is 18.2 Å². The summed E-state index contributed by atoms with van der Waals surface area (Å²) in [6.07, 6.45) is 6.27. The number of anilines is 2. The number of halogens is 3. The lowest BCUT2D eigenvalue weighted by molar-refractivity contribution is -0.184. The summed E-state index contributed by atoms with van der Waals surface area (Å²) in [5.41, 5.74) is 3.81. The van der Waals surface area contributed by atoms with Crippen LogP contribution in [-0.2, 0) is 10.3 Å². The maximum atomic E-state index is 15.1. The highest BCUT2D eigenvalue weighted by Crippen LogP contribution is 2.47. The lowest BCUT2D eigenvalue weighted by Gasteiger charge is -2.41. The van der Waals surface area contributed by atoms with Gasteiger partial charge in [0.2, 0.25) is 0 Å². The highest BCUT2D eigenvalue weighted by atomic mass is 19.1. The number of nitrogens with one attached hydrogen (secondary N) is 1. The van der Waals surface area contributed by atoms with E-state index < -0.39 is 40.2 Å². The molecule has 4 N–H and O–H groups in total. The number of aromatic nitrogens is 2. The van der Waals surface area contributed by atoms with Crippen molar-refractivity contribution in [3.63, 3.8) is 0 Å². The lowest BCUT2D eigenvalue weighted by Crippen LogP contribution is -2.46. The van der Waals surface area contributed by atoms with Gasteiger partial charge in [-0.3, -0.25) is 9.78 Å². The summed E-state index contributed by atoms with van der Waals surface area (Å²) in [4.78, 5) is 21.6. The number of carbonyl (C=O) groups excluding carboxylic acids is 1. The van der Waals surface area contributed by atoms with E-state index >= 15 is 8.78 Å². The number of nitrogens with zero attached hydrogens (tertiary/aromatic N) is 2. The molecule has 218 valence electrons. The van der Waals surface area contributed by atoms with E-state index in [1.54, 1.807) is 12.4 Å². The standard InChI is InChI=1S/C31H35F3N4O3/c1-16-7-17(9-18(8-16)30(2,3)4)20-5-6-36-13-25(20)37-29(39)28-24(35)12-23(34)27(38-28)26-21(32)10-19(11-22(26)33)31(40)14-41-15-31/h5-6,10-13,16-18,40H,7-9,14-15,35H2,1-4H3,(H,37,39)/t16-,17+,18?/m1/s1. The zero-order chi connectivity index (χ0) is 29.7. The molecular formula is C31H35F3N4O3. The molecule has 0 spiro atoms. The first kappa shape index (κ1) is 29.0. The van der Waals surface area contributed by atoms with Gasteiger partial charge in [-0.1, -0.05) is 27.7 Å². The van der Waals surface area contributed by atoms with Crippen molar-refractivity contribution in [2.75, 3.05) is 24.3 Å². The third kappa shape index (κ3) is 5.67. The van der Waals surface area contributed by atoms with Crippen LogP contribution in [0.1, 0.15) is 74.5 Å². The van der Waals surface area contributed by atoms with Crippen LogP contribution in [0.15, 0.2) is 36.7 Å². The molecule has 0 radical (unpaired) electrons. The van der Waals surface area contributed by atoms with Crippen molar-refractivity contribution in [1.29, 1.82) is 0 Å². The molecule has 7 nitrogen and oxygen atoms in total. The van der Waals surface area contributed by atoms with E-state index in [1.165, 1.54) is 0 Å². The van der Waals surface area contributed by atoms with Gasteiger partial charge in [-0.2, -0.15) is 0 Å². The maximum absolute atomic E-state index is 15.1. The first-order valence-corrected chi connectivity index (χ1v) is 13.8. The molecule has 2 aliphatic rings. The molecule has 1 unspecified atom stereocenters. The van der Waals surface area contributed by atoms with Gasteiger partial charge in [-0.15, -0.1) is 0 Å². The number of benzene rings is 1. The van der Waals surface area contributed by atoms with Crippen molar-refractivity contribution >= 4 is 17.3 Å². The van der Waals surface area contributed by atoms with Gasteiger partial charge in [0.05, 0.1) is 36.3 Å². The number of aliphatic hydroxyl groups is 1. The van der Waals surface area contributed by atoms with Gasteiger partial charge in [0.25, 0.3) is 5.91 Å². The van der Waals surface area contributed by atoms with Crippen molar-refractivity contribution in [2.24, 2.45) is 17.3 Å². The number of nitrogen functional groups attached to an aromatic ring is 1. The number of hydrogen-bond acceptors (Lipinski definition) is 6. The predicted octanol–water partition coefficient (Wildman–Crippen LogP) is 6.18. The van der Waals surface area contributed by atoms with Crippen LogP contribution in [0.4, 0.5) is 24.5 Å². The fourth-order valence-electron chi connectivity index (χ4n) is 6.00. The summed E-state index contributed by atoms with van der Waals surface area (Å²) in [6, 6.07) is 4.53. The topological polar surface area (TPSA) is 110 Å². The second-order valence-corrected chi connectivity index (χ2v) is 12.6. The van der Waals surface area contributed by atoms with Crippen LogP contribution in [-0.4, -0.2) is 34.2 Å². The second kappa shape index (κ2) is 10.7. The highest BCUT2D eigenvalue weighted by molar-refractivity contribution is 6.07. The Balaban J connectivity index is 1.46. The minimum Gasteiger partial charge on any atom is -0.397 e. The molecule has 1 amide bonds. The van der Waals surface area contributed by atoms with E-state index in [4.69, 9.17) is 10.5 Å². The largest absolute Gasteiger partial charge is 0.397 e. The monoisotopic (exact) mass is 568 g/mol. The number of carbonyl (C=O) groups is 1. The van der Waals surface area contributed by atoms with E-state index in [-0.39, 0.29) is 41.5 Å². The van der Waals surface area contributed by atoms with Crippen molar-refractivity contribution in [2.45, 2.75) is 58.5 Å². The molecule has 3 aromatic rings. The number of amides is 1.